The number of aromatic nitrogens is 5. The van der Waals surface area contributed by atoms with Gasteiger partial charge in [0.2, 0.25) is 0 Å². The quantitative estimate of drug-likeness (QED) is 0.382. The molecule has 0 aliphatic carbocycles. The van der Waals surface area contributed by atoms with Crippen LogP contribution in [0.4, 0.5) is 5.82 Å². The molecule has 0 spiro atoms. The van der Waals surface area contributed by atoms with Crippen LogP contribution in [0.25, 0.3) is 27.6 Å². The minimum atomic E-state index is -0.0269. The average molecular weight is 480 g/mol. The van der Waals surface area contributed by atoms with Gasteiger partial charge in [0.25, 0.3) is 5.91 Å². The van der Waals surface area contributed by atoms with E-state index >= 15 is 0 Å². The molecule has 2 aromatic heterocycles. The Labute approximate surface area is 207 Å². The lowest BCUT2D eigenvalue weighted by Gasteiger charge is -2.35. The molecule has 0 bridgehead atoms. The van der Waals surface area contributed by atoms with E-state index in [4.69, 9.17) is 4.74 Å². The molecule has 1 saturated heterocycles. The third-order valence-electron chi connectivity index (χ3n) is 6.51. The molecule has 0 saturated carbocycles. The SMILES string of the molecule is Cc1ccc(-n2nnc3c(N4CCN(C(=O)COc5ccc6ccccc6c5)CC4)ncnc32)cc1. The normalized spacial score (nSPS) is 13.9. The molecule has 0 radical (unpaired) electrons. The topological polar surface area (TPSA) is 89.3 Å². The maximum atomic E-state index is 12.8. The first-order valence-corrected chi connectivity index (χ1v) is 11.9. The lowest BCUT2D eigenvalue weighted by atomic mass is 10.1. The van der Waals surface area contributed by atoms with Crippen LogP contribution in [0.5, 0.6) is 5.75 Å². The van der Waals surface area contributed by atoms with E-state index in [-0.39, 0.29) is 12.5 Å². The van der Waals surface area contributed by atoms with Crippen molar-refractivity contribution in [3.05, 3.63) is 78.6 Å². The molecule has 0 N–H and O–H groups in total. The molecular weight excluding hydrogens is 454 g/mol. The summed E-state index contributed by atoms with van der Waals surface area (Å²) in [6.07, 6.45) is 1.54. The van der Waals surface area contributed by atoms with Crippen molar-refractivity contribution in [2.24, 2.45) is 0 Å². The maximum absolute atomic E-state index is 12.8. The number of fused-ring (bicyclic) bond motifs is 2. The van der Waals surface area contributed by atoms with E-state index < -0.39 is 0 Å². The molecule has 0 atom stereocenters. The summed E-state index contributed by atoms with van der Waals surface area (Å²) in [5, 5.41) is 10.9. The first kappa shape index (κ1) is 22.0. The maximum Gasteiger partial charge on any atom is 0.260 e. The predicted octanol–water partition coefficient (Wildman–Crippen LogP) is 3.40. The third-order valence-corrected chi connectivity index (χ3v) is 6.51. The molecule has 1 fully saturated rings. The van der Waals surface area contributed by atoms with Crippen LogP contribution in [0.1, 0.15) is 5.56 Å². The van der Waals surface area contributed by atoms with Crippen LogP contribution in [0.2, 0.25) is 0 Å². The van der Waals surface area contributed by atoms with Gasteiger partial charge < -0.3 is 14.5 Å². The summed E-state index contributed by atoms with van der Waals surface area (Å²) in [7, 11) is 0. The van der Waals surface area contributed by atoms with Crippen LogP contribution in [-0.4, -0.2) is 68.6 Å². The Morgan fingerprint density at radius 3 is 2.50 bits per heavy atom. The fourth-order valence-electron chi connectivity index (χ4n) is 4.49. The van der Waals surface area contributed by atoms with Crippen molar-refractivity contribution in [1.82, 2.24) is 29.9 Å². The minimum absolute atomic E-state index is 0.0148. The van der Waals surface area contributed by atoms with Gasteiger partial charge in [-0.2, -0.15) is 4.68 Å². The van der Waals surface area contributed by atoms with Gasteiger partial charge >= 0.3 is 0 Å². The lowest BCUT2D eigenvalue weighted by Crippen LogP contribution is -2.50. The standard InChI is InChI=1S/C27H25N7O2/c1-19-6-9-22(10-7-19)34-27-25(30-31-34)26(28-18-29-27)33-14-12-32(13-15-33)24(35)17-36-23-11-8-20-4-2-3-5-21(20)16-23/h2-11,16,18H,12-15,17H2,1H3. The second kappa shape index (κ2) is 9.26. The number of aryl methyl sites for hydroxylation is 1. The summed E-state index contributed by atoms with van der Waals surface area (Å²) in [6.45, 7) is 4.51. The molecule has 180 valence electrons. The second-order valence-corrected chi connectivity index (χ2v) is 8.87. The summed E-state index contributed by atoms with van der Waals surface area (Å²) in [5.74, 6) is 1.40. The fourth-order valence-corrected chi connectivity index (χ4v) is 4.49. The molecule has 1 amide bonds. The zero-order chi connectivity index (χ0) is 24.5. The van der Waals surface area contributed by atoms with Crippen molar-refractivity contribution in [2.45, 2.75) is 6.92 Å². The lowest BCUT2D eigenvalue weighted by molar-refractivity contribution is -0.133. The Kier molecular flexibility index (Phi) is 5.65. The average Bonchev–Trinajstić information content (AvgIpc) is 3.36. The second-order valence-electron chi connectivity index (χ2n) is 8.87. The Balaban J connectivity index is 1.11. The third kappa shape index (κ3) is 4.19. The number of amides is 1. The van der Waals surface area contributed by atoms with Crippen LogP contribution in [0, 0.1) is 6.92 Å². The first-order chi connectivity index (χ1) is 17.7. The van der Waals surface area contributed by atoms with Gasteiger partial charge in [-0.3, -0.25) is 4.79 Å². The monoisotopic (exact) mass is 479 g/mol. The van der Waals surface area contributed by atoms with Crippen molar-refractivity contribution in [1.29, 1.82) is 0 Å². The highest BCUT2D eigenvalue weighted by Crippen LogP contribution is 2.24. The summed E-state index contributed by atoms with van der Waals surface area (Å²) in [6, 6.07) is 22.0. The molecule has 3 aromatic carbocycles. The van der Waals surface area contributed by atoms with Gasteiger partial charge in [0.15, 0.2) is 23.6 Å². The van der Waals surface area contributed by atoms with E-state index in [0.29, 0.717) is 43.1 Å². The van der Waals surface area contributed by atoms with Crippen LogP contribution in [0.15, 0.2) is 73.1 Å². The van der Waals surface area contributed by atoms with Gasteiger partial charge in [0.05, 0.1) is 5.69 Å². The Hall–Kier alpha value is -4.53. The number of nitrogens with zero attached hydrogens (tertiary/aromatic N) is 7. The number of carbonyl (C=O) groups excluding carboxylic acids is 1. The number of piperazine rings is 1. The molecule has 36 heavy (non-hydrogen) atoms. The highest BCUT2D eigenvalue weighted by Gasteiger charge is 2.25. The smallest absolute Gasteiger partial charge is 0.260 e. The highest BCUT2D eigenvalue weighted by molar-refractivity contribution is 5.85. The largest absolute Gasteiger partial charge is 0.484 e. The van der Waals surface area contributed by atoms with E-state index in [0.717, 1.165) is 22.3 Å². The van der Waals surface area contributed by atoms with E-state index in [9.17, 15) is 4.79 Å². The molecule has 5 aromatic rings. The van der Waals surface area contributed by atoms with Crippen molar-refractivity contribution < 1.29 is 9.53 Å². The minimum Gasteiger partial charge on any atom is -0.484 e. The molecule has 3 heterocycles. The number of hydrogen-bond donors (Lipinski definition) is 0. The summed E-state index contributed by atoms with van der Waals surface area (Å²) >= 11 is 0. The molecule has 0 unspecified atom stereocenters. The fraction of sp³-hybridized carbons (Fsp3) is 0.222. The number of ether oxygens (including phenoxy) is 1. The van der Waals surface area contributed by atoms with Gasteiger partial charge in [0.1, 0.15) is 12.1 Å². The Morgan fingerprint density at radius 2 is 1.69 bits per heavy atom. The van der Waals surface area contributed by atoms with E-state index in [1.165, 1.54) is 5.56 Å². The zero-order valence-corrected chi connectivity index (χ0v) is 19.9. The molecule has 6 rings (SSSR count). The zero-order valence-electron chi connectivity index (χ0n) is 19.9. The summed E-state index contributed by atoms with van der Waals surface area (Å²) in [4.78, 5) is 25.7. The summed E-state index contributed by atoms with van der Waals surface area (Å²) < 4.78 is 7.53. The van der Waals surface area contributed by atoms with Crippen LogP contribution >= 0.6 is 0 Å². The van der Waals surface area contributed by atoms with Crippen molar-refractivity contribution in [3.8, 4) is 11.4 Å². The van der Waals surface area contributed by atoms with Crippen LogP contribution in [0.3, 0.4) is 0 Å². The van der Waals surface area contributed by atoms with Crippen LogP contribution in [-0.2, 0) is 4.79 Å². The first-order valence-electron chi connectivity index (χ1n) is 11.9. The van der Waals surface area contributed by atoms with Gasteiger partial charge in [-0.05, 0) is 42.0 Å². The molecule has 9 nitrogen and oxygen atoms in total. The number of hydrogen-bond acceptors (Lipinski definition) is 7. The van der Waals surface area contributed by atoms with E-state index in [1.54, 1.807) is 11.0 Å². The molecule has 9 heteroatoms. The van der Waals surface area contributed by atoms with E-state index in [2.05, 4.69) is 31.2 Å². The van der Waals surface area contributed by atoms with Gasteiger partial charge in [-0.1, -0.05) is 53.2 Å². The van der Waals surface area contributed by atoms with Gasteiger partial charge in [0, 0.05) is 26.2 Å². The number of benzene rings is 3. The number of anilines is 1. The van der Waals surface area contributed by atoms with Crippen molar-refractivity contribution in [3.63, 3.8) is 0 Å². The number of rotatable bonds is 5. The number of carbonyl (C=O) groups is 1. The predicted molar refractivity (Wildman–Crippen MR) is 137 cm³/mol. The highest BCUT2D eigenvalue weighted by atomic mass is 16.5. The molecular formula is C27H25N7O2. The van der Waals surface area contributed by atoms with Gasteiger partial charge in [-0.15, -0.1) is 5.10 Å². The molecule has 1 aliphatic heterocycles. The summed E-state index contributed by atoms with van der Waals surface area (Å²) in [5.41, 5.74) is 3.38. The van der Waals surface area contributed by atoms with E-state index in [1.807, 2.05) is 72.5 Å². The van der Waals surface area contributed by atoms with Crippen molar-refractivity contribution >= 4 is 33.7 Å². The Morgan fingerprint density at radius 1 is 0.917 bits per heavy atom. The van der Waals surface area contributed by atoms with Crippen LogP contribution < -0.4 is 9.64 Å². The Bertz CT molecular complexity index is 1540. The van der Waals surface area contributed by atoms with Crippen molar-refractivity contribution in [2.75, 3.05) is 37.7 Å². The molecule has 1 aliphatic rings. The van der Waals surface area contributed by atoms with Gasteiger partial charge in [-0.25, -0.2) is 9.97 Å².